The van der Waals surface area contributed by atoms with Gasteiger partial charge in [-0.2, -0.15) is 0 Å². The lowest BCUT2D eigenvalue weighted by Gasteiger charge is -2.41. The van der Waals surface area contributed by atoms with Crippen LogP contribution in [-0.2, 0) is 11.2 Å². The van der Waals surface area contributed by atoms with Crippen LogP contribution >= 0.6 is 0 Å². The zero-order valence-electron chi connectivity index (χ0n) is 22.3. The van der Waals surface area contributed by atoms with Gasteiger partial charge in [0.05, 0.1) is 6.04 Å². The van der Waals surface area contributed by atoms with Gasteiger partial charge in [-0.1, -0.05) is 65.0 Å². The van der Waals surface area contributed by atoms with Gasteiger partial charge in [-0.05, 0) is 74.0 Å². The molecule has 192 valence electrons. The van der Waals surface area contributed by atoms with Crippen molar-refractivity contribution in [2.45, 2.75) is 103 Å². The summed E-state index contributed by atoms with van der Waals surface area (Å²) in [6.07, 6.45) is 15.2. The van der Waals surface area contributed by atoms with Gasteiger partial charge in [0.25, 0.3) is 0 Å². The molecule has 2 N–H and O–H groups in total. The number of carbonyl (C=O) groups excluding carboxylic acids is 1. The van der Waals surface area contributed by atoms with Gasteiger partial charge in [0.15, 0.2) is 0 Å². The number of hydrogen-bond donors (Lipinski definition) is 1. The van der Waals surface area contributed by atoms with E-state index >= 15 is 0 Å². The quantitative estimate of drug-likeness (QED) is 0.356. The average molecular weight is 470 g/mol. The van der Waals surface area contributed by atoms with Gasteiger partial charge in [-0.3, -0.25) is 0 Å². The van der Waals surface area contributed by atoms with E-state index in [1.54, 1.807) is 0 Å². The van der Waals surface area contributed by atoms with Crippen LogP contribution in [0.25, 0.3) is 0 Å². The number of hydrogen-bond acceptors (Lipinski definition) is 4. The molecule has 1 saturated carbocycles. The third kappa shape index (κ3) is 9.00. The number of nitrogens with two attached hydrogens (primary N) is 1. The lowest BCUT2D eigenvalue weighted by molar-refractivity contribution is -0.109. The molecule has 0 spiro atoms. The van der Waals surface area contributed by atoms with Crippen molar-refractivity contribution in [1.29, 1.82) is 0 Å². The van der Waals surface area contributed by atoms with Crippen LogP contribution in [0.2, 0.25) is 0 Å². The summed E-state index contributed by atoms with van der Waals surface area (Å²) in [7, 11) is 0. The number of aldehydes is 1. The Kier molecular flexibility index (Phi) is 11.4. The van der Waals surface area contributed by atoms with E-state index < -0.39 is 0 Å². The summed E-state index contributed by atoms with van der Waals surface area (Å²) in [4.78, 5) is 16.2. The predicted molar refractivity (Wildman–Crippen MR) is 145 cm³/mol. The first-order chi connectivity index (χ1) is 16.4. The van der Waals surface area contributed by atoms with Gasteiger partial charge in [0.1, 0.15) is 6.29 Å². The first kappa shape index (κ1) is 27.2. The van der Waals surface area contributed by atoms with E-state index in [0.717, 1.165) is 50.7 Å². The Morgan fingerprint density at radius 1 is 1.03 bits per heavy atom. The van der Waals surface area contributed by atoms with Crippen LogP contribution in [0.1, 0.15) is 90.5 Å². The molecule has 0 radical (unpaired) electrons. The van der Waals surface area contributed by atoms with Crippen LogP contribution in [-0.4, -0.2) is 49.4 Å². The molecule has 1 aliphatic carbocycles. The molecule has 2 aliphatic rings. The van der Waals surface area contributed by atoms with Crippen molar-refractivity contribution in [2.75, 3.05) is 31.1 Å². The second-order valence-electron chi connectivity index (χ2n) is 11.8. The molecule has 2 atom stereocenters. The fraction of sp³-hybridized carbons (Fsp3) is 0.767. The molecule has 2 fully saturated rings. The smallest absolute Gasteiger partial charge is 0.136 e. The average Bonchev–Trinajstić information content (AvgIpc) is 2.85. The van der Waals surface area contributed by atoms with Gasteiger partial charge < -0.3 is 20.3 Å². The summed E-state index contributed by atoms with van der Waals surface area (Å²) < 4.78 is 0. The maximum atomic E-state index is 10.9. The van der Waals surface area contributed by atoms with E-state index in [9.17, 15) is 4.79 Å². The second kappa shape index (κ2) is 14.2. The highest BCUT2D eigenvalue weighted by Gasteiger charge is 2.26. The Bertz CT molecular complexity index is 690. The maximum absolute atomic E-state index is 10.9. The van der Waals surface area contributed by atoms with E-state index in [1.165, 1.54) is 75.5 Å². The highest BCUT2D eigenvalue weighted by atomic mass is 16.1. The topological polar surface area (TPSA) is 49.6 Å². The molecule has 1 aromatic rings. The number of carbonyl (C=O) groups is 1. The minimum absolute atomic E-state index is 0.315. The van der Waals surface area contributed by atoms with Gasteiger partial charge in [-0.25, -0.2) is 0 Å². The molecule has 1 heterocycles. The Labute approximate surface area is 209 Å². The molecule has 34 heavy (non-hydrogen) atoms. The fourth-order valence-corrected chi connectivity index (χ4v) is 6.07. The molecule has 3 rings (SSSR count). The van der Waals surface area contributed by atoms with Gasteiger partial charge in [0.2, 0.25) is 0 Å². The van der Waals surface area contributed by atoms with Crippen LogP contribution in [0.15, 0.2) is 24.3 Å². The SMILES string of the molecule is CC(C)CCN(c1ccc(CCC2CCCCC2)cc1)C1CCN(CC(C)CC(N)C=O)CC1. The van der Waals surface area contributed by atoms with Crippen molar-refractivity contribution in [1.82, 2.24) is 4.90 Å². The number of aryl methyl sites for hydroxylation is 1. The molecule has 0 bridgehead atoms. The number of likely N-dealkylation sites (tertiary alicyclic amines) is 1. The number of benzene rings is 1. The third-order valence-electron chi connectivity index (χ3n) is 8.20. The zero-order chi connectivity index (χ0) is 24.3. The van der Waals surface area contributed by atoms with E-state index in [2.05, 4.69) is 54.8 Å². The minimum atomic E-state index is -0.315. The number of anilines is 1. The van der Waals surface area contributed by atoms with Crippen molar-refractivity contribution in [2.24, 2.45) is 23.5 Å². The monoisotopic (exact) mass is 469 g/mol. The van der Waals surface area contributed by atoms with Crippen LogP contribution in [0.5, 0.6) is 0 Å². The van der Waals surface area contributed by atoms with Crippen molar-refractivity contribution in [3.05, 3.63) is 29.8 Å². The molecule has 2 unspecified atom stereocenters. The summed E-state index contributed by atoms with van der Waals surface area (Å²) >= 11 is 0. The molecule has 1 aliphatic heterocycles. The highest BCUT2D eigenvalue weighted by molar-refractivity contribution is 5.56. The summed E-state index contributed by atoms with van der Waals surface area (Å²) in [5.41, 5.74) is 8.75. The summed E-state index contributed by atoms with van der Waals surface area (Å²) in [6, 6.07) is 9.89. The lowest BCUT2D eigenvalue weighted by Crippen LogP contribution is -2.46. The fourth-order valence-electron chi connectivity index (χ4n) is 6.07. The van der Waals surface area contributed by atoms with Crippen molar-refractivity contribution >= 4 is 12.0 Å². The molecule has 4 heteroatoms. The molecule has 1 aromatic carbocycles. The first-order valence-electron chi connectivity index (χ1n) is 14.2. The summed E-state index contributed by atoms with van der Waals surface area (Å²) in [6.45, 7) is 11.4. The number of rotatable bonds is 13. The number of nitrogens with zero attached hydrogens (tertiary/aromatic N) is 2. The van der Waals surface area contributed by atoms with Crippen LogP contribution < -0.4 is 10.6 Å². The van der Waals surface area contributed by atoms with Crippen LogP contribution in [0, 0.1) is 17.8 Å². The maximum Gasteiger partial charge on any atom is 0.136 e. The Hall–Kier alpha value is -1.39. The predicted octanol–water partition coefficient (Wildman–Crippen LogP) is 6.07. The van der Waals surface area contributed by atoms with Crippen LogP contribution in [0.3, 0.4) is 0 Å². The third-order valence-corrected chi connectivity index (χ3v) is 8.20. The van der Waals surface area contributed by atoms with Gasteiger partial charge in [-0.15, -0.1) is 0 Å². The molecular weight excluding hydrogens is 418 g/mol. The minimum Gasteiger partial charge on any atom is -0.368 e. The Morgan fingerprint density at radius 3 is 2.32 bits per heavy atom. The summed E-state index contributed by atoms with van der Waals surface area (Å²) in [5, 5.41) is 0. The lowest BCUT2D eigenvalue weighted by atomic mass is 9.85. The highest BCUT2D eigenvalue weighted by Crippen LogP contribution is 2.29. The van der Waals surface area contributed by atoms with Crippen molar-refractivity contribution in [3.63, 3.8) is 0 Å². The Balaban J connectivity index is 1.53. The van der Waals surface area contributed by atoms with E-state index in [4.69, 9.17) is 5.73 Å². The Morgan fingerprint density at radius 2 is 1.71 bits per heavy atom. The molecule has 0 amide bonds. The van der Waals surface area contributed by atoms with E-state index in [-0.39, 0.29) is 6.04 Å². The molecule has 4 nitrogen and oxygen atoms in total. The van der Waals surface area contributed by atoms with Crippen molar-refractivity contribution < 1.29 is 4.79 Å². The summed E-state index contributed by atoms with van der Waals surface area (Å²) in [5.74, 6) is 2.15. The second-order valence-corrected chi connectivity index (χ2v) is 11.8. The zero-order valence-corrected chi connectivity index (χ0v) is 22.3. The standard InChI is InChI=1S/C30H51N3O/c1-24(2)15-20-33(30-16-18-32(19-17-30)22-25(3)21-28(31)23-34)29-13-11-27(12-14-29)10-9-26-7-5-4-6-8-26/h11-14,23-26,28,30H,4-10,15-22,31H2,1-3H3. The number of piperidine rings is 1. The first-order valence-corrected chi connectivity index (χ1v) is 14.2. The largest absolute Gasteiger partial charge is 0.368 e. The van der Waals surface area contributed by atoms with Gasteiger partial charge in [0, 0.05) is 37.9 Å². The van der Waals surface area contributed by atoms with Crippen molar-refractivity contribution in [3.8, 4) is 0 Å². The van der Waals surface area contributed by atoms with E-state index in [1.807, 2.05) is 0 Å². The van der Waals surface area contributed by atoms with Crippen LogP contribution in [0.4, 0.5) is 5.69 Å². The molecular formula is C30H51N3O. The molecule has 1 saturated heterocycles. The molecule has 0 aromatic heterocycles. The van der Waals surface area contributed by atoms with E-state index in [0.29, 0.717) is 12.0 Å². The van der Waals surface area contributed by atoms with Gasteiger partial charge >= 0.3 is 0 Å². The normalized spacial score (nSPS) is 20.4.